The zero-order chi connectivity index (χ0) is 24.0. The van der Waals surface area contributed by atoms with Crippen molar-refractivity contribution in [1.29, 1.82) is 0 Å². The van der Waals surface area contributed by atoms with E-state index in [1.165, 1.54) is 18.5 Å². The number of carbonyl (C=O) groups excluding carboxylic acids is 1. The van der Waals surface area contributed by atoms with Gasteiger partial charge in [-0.25, -0.2) is 8.42 Å². The monoisotopic (exact) mass is 468 g/mol. The third kappa shape index (κ3) is 5.71. The van der Waals surface area contributed by atoms with Crippen molar-refractivity contribution >= 4 is 21.6 Å². The van der Waals surface area contributed by atoms with Crippen molar-refractivity contribution in [3.05, 3.63) is 83.4 Å². The van der Waals surface area contributed by atoms with Gasteiger partial charge < -0.3 is 14.8 Å². The van der Waals surface area contributed by atoms with Crippen LogP contribution in [0, 0.1) is 6.92 Å². The lowest BCUT2D eigenvalue weighted by molar-refractivity contribution is 0.102. The lowest BCUT2D eigenvalue weighted by atomic mass is 10.1. The standard InChI is InChI=1S/C25H28N2O5S/c1-5-32-23-14-12-19(25(28)26-22-15-18(2)11-13-24(22)31-4)16-20(23)17-27(3)33(29,30)21-9-7-6-8-10-21/h6-16H,5,17H2,1-4H3,(H,26,28). The quantitative estimate of drug-likeness (QED) is 0.501. The van der Waals surface area contributed by atoms with Gasteiger partial charge in [-0.2, -0.15) is 4.31 Å². The smallest absolute Gasteiger partial charge is 0.255 e. The molecule has 0 fully saturated rings. The highest BCUT2D eigenvalue weighted by Gasteiger charge is 2.22. The fourth-order valence-electron chi connectivity index (χ4n) is 3.35. The number of hydrogen-bond acceptors (Lipinski definition) is 5. The van der Waals surface area contributed by atoms with Gasteiger partial charge in [0, 0.05) is 24.7 Å². The van der Waals surface area contributed by atoms with Crippen LogP contribution in [0.3, 0.4) is 0 Å². The molecule has 0 aliphatic carbocycles. The van der Waals surface area contributed by atoms with Crippen LogP contribution in [0.1, 0.15) is 28.4 Å². The maximum absolute atomic E-state index is 13.0. The molecule has 0 spiro atoms. The molecule has 0 bridgehead atoms. The van der Waals surface area contributed by atoms with E-state index in [9.17, 15) is 13.2 Å². The molecule has 33 heavy (non-hydrogen) atoms. The van der Waals surface area contributed by atoms with E-state index in [4.69, 9.17) is 9.47 Å². The average Bonchev–Trinajstić information content (AvgIpc) is 2.81. The number of rotatable bonds is 9. The van der Waals surface area contributed by atoms with Crippen LogP contribution in [0.5, 0.6) is 11.5 Å². The summed E-state index contributed by atoms with van der Waals surface area (Å²) in [5.74, 6) is 0.739. The highest BCUT2D eigenvalue weighted by molar-refractivity contribution is 7.89. The molecule has 0 radical (unpaired) electrons. The predicted octanol–water partition coefficient (Wildman–Crippen LogP) is 4.48. The summed E-state index contributed by atoms with van der Waals surface area (Å²) in [5.41, 5.74) is 2.50. The maximum atomic E-state index is 13.0. The molecule has 0 aliphatic rings. The first kappa shape index (κ1) is 24.3. The Kier molecular flexibility index (Phi) is 7.73. The average molecular weight is 469 g/mol. The molecule has 0 aromatic heterocycles. The third-order valence-corrected chi connectivity index (χ3v) is 6.89. The summed E-state index contributed by atoms with van der Waals surface area (Å²) in [7, 11) is -0.661. The van der Waals surface area contributed by atoms with E-state index in [-0.39, 0.29) is 17.3 Å². The van der Waals surface area contributed by atoms with Gasteiger partial charge in [0.15, 0.2) is 0 Å². The number of carbonyl (C=O) groups is 1. The van der Waals surface area contributed by atoms with Crippen molar-refractivity contribution in [3.63, 3.8) is 0 Å². The minimum absolute atomic E-state index is 0.0431. The van der Waals surface area contributed by atoms with E-state index in [0.29, 0.717) is 34.9 Å². The maximum Gasteiger partial charge on any atom is 0.255 e. The summed E-state index contributed by atoms with van der Waals surface area (Å²) in [6, 6.07) is 18.7. The second-order valence-corrected chi connectivity index (χ2v) is 9.53. The predicted molar refractivity (Wildman–Crippen MR) is 128 cm³/mol. The minimum Gasteiger partial charge on any atom is -0.495 e. The van der Waals surface area contributed by atoms with Crippen LogP contribution in [-0.4, -0.2) is 39.4 Å². The van der Waals surface area contributed by atoms with Gasteiger partial charge in [-0.3, -0.25) is 4.79 Å². The van der Waals surface area contributed by atoms with E-state index < -0.39 is 10.0 Å². The molecule has 0 saturated heterocycles. The summed E-state index contributed by atoms with van der Waals surface area (Å²) in [6.07, 6.45) is 0. The van der Waals surface area contributed by atoms with Gasteiger partial charge in [-0.05, 0) is 61.9 Å². The first-order valence-corrected chi connectivity index (χ1v) is 11.9. The second kappa shape index (κ2) is 10.5. The number of ether oxygens (including phenoxy) is 2. The van der Waals surface area contributed by atoms with Crippen LogP contribution >= 0.6 is 0 Å². The van der Waals surface area contributed by atoms with E-state index in [1.54, 1.807) is 54.6 Å². The van der Waals surface area contributed by atoms with Crippen molar-refractivity contribution in [1.82, 2.24) is 4.31 Å². The Morgan fingerprint density at radius 1 is 1.00 bits per heavy atom. The van der Waals surface area contributed by atoms with Crippen molar-refractivity contribution in [2.75, 3.05) is 26.1 Å². The van der Waals surface area contributed by atoms with E-state index in [1.807, 2.05) is 26.0 Å². The Morgan fingerprint density at radius 3 is 2.36 bits per heavy atom. The Hall–Kier alpha value is -3.36. The number of sulfonamides is 1. The molecule has 1 amide bonds. The molecule has 0 aliphatic heterocycles. The first-order valence-electron chi connectivity index (χ1n) is 10.5. The Bertz CT molecular complexity index is 1230. The highest BCUT2D eigenvalue weighted by atomic mass is 32.2. The van der Waals surface area contributed by atoms with Crippen LogP contribution < -0.4 is 14.8 Å². The fraction of sp³-hybridized carbons (Fsp3) is 0.240. The van der Waals surface area contributed by atoms with E-state index >= 15 is 0 Å². The fourth-order valence-corrected chi connectivity index (χ4v) is 4.52. The van der Waals surface area contributed by atoms with Crippen molar-refractivity contribution in [2.45, 2.75) is 25.3 Å². The molecule has 3 aromatic rings. The molecule has 0 heterocycles. The molecule has 3 rings (SSSR count). The van der Waals surface area contributed by atoms with E-state index in [2.05, 4.69) is 5.32 Å². The largest absolute Gasteiger partial charge is 0.495 e. The van der Waals surface area contributed by atoms with Gasteiger partial charge in [0.05, 0.1) is 24.3 Å². The molecular formula is C25H28N2O5S. The van der Waals surface area contributed by atoms with Crippen molar-refractivity contribution in [3.8, 4) is 11.5 Å². The van der Waals surface area contributed by atoms with Gasteiger partial charge in [-0.1, -0.05) is 24.3 Å². The van der Waals surface area contributed by atoms with Gasteiger partial charge in [0.2, 0.25) is 10.0 Å². The zero-order valence-electron chi connectivity index (χ0n) is 19.2. The summed E-state index contributed by atoms with van der Waals surface area (Å²) < 4.78 is 38.2. The van der Waals surface area contributed by atoms with Crippen LogP contribution in [-0.2, 0) is 16.6 Å². The number of amides is 1. The normalized spacial score (nSPS) is 11.3. The molecule has 0 saturated carbocycles. The lowest BCUT2D eigenvalue weighted by Gasteiger charge is -2.20. The van der Waals surface area contributed by atoms with Gasteiger partial charge >= 0.3 is 0 Å². The third-order valence-electron chi connectivity index (χ3n) is 5.07. The second-order valence-electron chi connectivity index (χ2n) is 7.49. The number of anilines is 1. The van der Waals surface area contributed by atoms with Crippen molar-refractivity contribution in [2.24, 2.45) is 0 Å². The number of benzene rings is 3. The SMILES string of the molecule is CCOc1ccc(C(=O)Nc2cc(C)ccc2OC)cc1CN(C)S(=O)(=O)c1ccccc1. The Balaban J connectivity index is 1.89. The van der Waals surface area contributed by atoms with E-state index in [0.717, 1.165) is 5.56 Å². The number of aryl methyl sites for hydroxylation is 1. The molecule has 174 valence electrons. The molecule has 1 N–H and O–H groups in total. The molecule has 0 unspecified atom stereocenters. The van der Waals surface area contributed by atoms with Gasteiger partial charge in [0.1, 0.15) is 11.5 Å². The number of methoxy groups -OCH3 is 1. The van der Waals surface area contributed by atoms with Crippen LogP contribution in [0.4, 0.5) is 5.69 Å². The van der Waals surface area contributed by atoms with Crippen LogP contribution in [0.2, 0.25) is 0 Å². The summed E-state index contributed by atoms with van der Waals surface area (Å²) in [4.78, 5) is 13.2. The number of hydrogen-bond donors (Lipinski definition) is 1. The summed E-state index contributed by atoms with van der Waals surface area (Å²) in [5, 5.41) is 2.87. The highest BCUT2D eigenvalue weighted by Crippen LogP contribution is 2.28. The minimum atomic E-state index is -3.70. The molecule has 7 nitrogen and oxygen atoms in total. The zero-order valence-corrected chi connectivity index (χ0v) is 20.0. The van der Waals surface area contributed by atoms with Crippen LogP contribution in [0.25, 0.3) is 0 Å². The number of nitrogens with zero attached hydrogens (tertiary/aromatic N) is 1. The van der Waals surface area contributed by atoms with Crippen LogP contribution in [0.15, 0.2) is 71.6 Å². The van der Waals surface area contributed by atoms with Crippen molar-refractivity contribution < 1.29 is 22.7 Å². The van der Waals surface area contributed by atoms with Gasteiger partial charge in [0.25, 0.3) is 5.91 Å². The molecule has 8 heteroatoms. The lowest BCUT2D eigenvalue weighted by Crippen LogP contribution is -2.27. The Labute approximate surface area is 195 Å². The summed E-state index contributed by atoms with van der Waals surface area (Å²) >= 11 is 0. The first-order chi connectivity index (χ1) is 15.8. The molecular weight excluding hydrogens is 440 g/mol. The number of nitrogens with one attached hydrogen (secondary N) is 1. The Morgan fingerprint density at radius 2 is 1.70 bits per heavy atom. The van der Waals surface area contributed by atoms with Gasteiger partial charge in [-0.15, -0.1) is 0 Å². The topological polar surface area (TPSA) is 84.9 Å². The summed E-state index contributed by atoms with van der Waals surface area (Å²) in [6.45, 7) is 4.22. The molecule has 3 aromatic carbocycles. The molecule has 0 atom stereocenters.